The number of alkyl halides is 4. The van der Waals surface area contributed by atoms with Crippen LogP contribution in [0.15, 0.2) is 60.7 Å². The molecule has 0 bridgehead atoms. The zero-order chi connectivity index (χ0) is 29.4. The zero-order valence-corrected chi connectivity index (χ0v) is 22.9. The quantitative estimate of drug-likeness (QED) is 0.226. The molecule has 3 aromatic carbocycles. The minimum atomic E-state index is -4.76. The summed E-state index contributed by atoms with van der Waals surface area (Å²) in [5.74, 6) is -2.07. The Bertz CT molecular complexity index is 1480. The van der Waals surface area contributed by atoms with Crippen LogP contribution in [0.5, 0.6) is 5.75 Å². The summed E-state index contributed by atoms with van der Waals surface area (Å²) in [5.41, 5.74) is -3.94. The van der Waals surface area contributed by atoms with E-state index < -0.39 is 36.0 Å². The molecule has 0 aromatic heterocycles. The van der Waals surface area contributed by atoms with E-state index in [-0.39, 0.29) is 33.1 Å². The highest BCUT2D eigenvalue weighted by Gasteiger charge is 2.55. The molecule has 2 aliphatic rings. The number of anilines is 1. The van der Waals surface area contributed by atoms with Crippen LogP contribution in [0.4, 0.5) is 23.2 Å². The maximum atomic E-state index is 16.9. The molecule has 0 unspecified atom stereocenters. The molecule has 0 spiro atoms. The number of methoxy groups -OCH3 is 1. The SMILES string of the molecule is COc1ccc(Cl)cc1[C@]1(F)C(=O)N(COC(=O)c2cccc(CN3CCCCC3)c2)c2cc(C(F)(F)F)ccc21. The maximum Gasteiger partial charge on any atom is 0.416 e. The first kappa shape index (κ1) is 28.9. The number of halogens is 5. The number of esters is 1. The topological polar surface area (TPSA) is 59.1 Å². The number of hydrogen-bond donors (Lipinski definition) is 0. The van der Waals surface area contributed by atoms with Crippen LogP contribution < -0.4 is 9.64 Å². The van der Waals surface area contributed by atoms with Crippen LogP contribution in [0.2, 0.25) is 5.02 Å². The lowest BCUT2D eigenvalue weighted by atomic mass is 9.88. The van der Waals surface area contributed by atoms with Crippen molar-refractivity contribution in [3.8, 4) is 5.75 Å². The highest BCUT2D eigenvalue weighted by molar-refractivity contribution is 6.30. The number of hydrogen-bond acceptors (Lipinski definition) is 5. The molecule has 3 aromatic rings. The molecule has 2 heterocycles. The fraction of sp³-hybridized carbons (Fsp3) is 0.333. The van der Waals surface area contributed by atoms with Gasteiger partial charge in [0.25, 0.3) is 5.91 Å². The van der Waals surface area contributed by atoms with Gasteiger partial charge in [-0.05, 0) is 74.0 Å². The van der Waals surface area contributed by atoms with E-state index in [4.69, 9.17) is 21.1 Å². The molecular weight excluding hydrogens is 564 g/mol. The Morgan fingerprint density at radius 2 is 1.76 bits per heavy atom. The lowest BCUT2D eigenvalue weighted by Crippen LogP contribution is -2.40. The predicted molar refractivity (Wildman–Crippen MR) is 145 cm³/mol. The number of rotatable bonds is 7. The van der Waals surface area contributed by atoms with Gasteiger partial charge >= 0.3 is 12.1 Å². The zero-order valence-electron chi connectivity index (χ0n) is 22.1. The van der Waals surface area contributed by atoms with Gasteiger partial charge < -0.3 is 9.47 Å². The van der Waals surface area contributed by atoms with E-state index in [0.29, 0.717) is 23.6 Å². The van der Waals surface area contributed by atoms with Crippen LogP contribution in [0.3, 0.4) is 0 Å². The summed E-state index contributed by atoms with van der Waals surface area (Å²) in [6, 6.07) is 13.0. The summed E-state index contributed by atoms with van der Waals surface area (Å²) in [6.45, 7) is 1.78. The Kier molecular flexibility index (Phi) is 7.98. The minimum Gasteiger partial charge on any atom is -0.496 e. The standard InChI is InChI=1S/C30H27ClF4N2O4/c1-40-26-11-9-22(31)16-24(26)29(32)23-10-8-21(30(33,34)35)15-25(23)37(28(29)39)18-41-27(38)20-7-5-6-19(14-20)17-36-12-3-2-4-13-36/h5-11,14-16H,2-4,12-13,17-18H2,1H3/t29-/m0/s1. The van der Waals surface area contributed by atoms with E-state index in [2.05, 4.69) is 4.90 Å². The Labute approximate surface area is 239 Å². The summed E-state index contributed by atoms with van der Waals surface area (Å²) in [5, 5.41) is 0.0911. The third kappa shape index (κ3) is 5.63. The van der Waals surface area contributed by atoms with E-state index in [0.717, 1.165) is 37.6 Å². The van der Waals surface area contributed by atoms with Gasteiger partial charge in [-0.3, -0.25) is 14.6 Å². The van der Waals surface area contributed by atoms with Crippen molar-refractivity contribution in [2.45, 2.75) is 37.7 Å². The molecule has 1 fully saturated rings. The molecule has 1 atom stereocenters. The number of ether oxygens (including phenoxy) is 2. The second-order valence-corrected chi connectivity index (χ2v) is 10.5. The largest absolute Gasteiger partial charge is 0.496 e. The van der Waals surface area contributed by atoms with E-state index in [9.17, 15) is 22.8 Å². The van der Waals surface area contributed by atoms with Crippen molar-refractivity contribution < 1.29 is 36.6 Å². The fourth-order valence-corrected chi connectivity index (χ4v) is 5.52. The van der Waals surface area contributed by atoms with Crippen LogP contribution in [-0.4, -0.2) is 43.7 Å². The monoisotopic (exact) mass is 590 g/mol. The van der Waals surface area contributed by atoms with Gasteiger partial charge in [-0.15, -0.1) is 0 Å². The Hall–Kier alpha value is -3.63. The first-order valence-corrected chi connectivity index (χ1v) is 13.4. The van der Waals surface area contributed by atoms with Crippen LogP contribution in [0.25, 0.3) is 0 Å². The molecule has 2 aliphatic heterocycles. The molecule has 1 saturated heterocycles. The van der Waals surface area contributed by atoms with Crippen LogP contribution in [0.1, 0.15) is 51.9 Å². The summed E-state index contributed by atoms with van der Waals surface area (Å²) >= 11 is 6.09. The van der Waals surface area contributed by atoms with E-state index in [1.165, 1.54) is 31.7 Å². The molecule has 0 aliphatic carbocycles. The summed E-state index contributed by atoms with van der Waals surface area (Å²) in [7, 11) is 1.27. The molecule has 0 radical (unpaired) electrons. The number of nitrogens with zero attached hydrogens (tertiary/aromatic N) is 2. The molecular formula is C30H27ClF4N2O4. The van der Waals surface area contributed by atoms with Crippen molar-refractivity contribution in [1.29, 1.82) is 0 Å². The molecule has 11 heteroatoms. The van der Waals surface area contributed by atoms with Crippen LogP contribution >= 0.6 is 11.6 Å². The highest BCUT2D eigenvalue weighted by Crippen LogP contribution is 2.51. The van der Waals surface area contributed by atoms with Crippen LogP contribution in [-0.2, 0) is 27.9 Å². The first-order chi connectivity index (χ1) is 19.5. The molecule has 216 valence electrons. The van der Waals surface area contributed by atoms with Crippen LogP contribution in [0, 0.1) is 0 Å². The molecule has 5 rings (SSSR count). The van der Waals surface area contributed by atoms with E-state index in [1.807, 2.05) is 6.07 Å². The molecule has 41 heavy (non-hydrogen) atoms. The van der Waals surface area contributed by atoms with Crippen molar-refractivity contribution in [1.82, 2.24) is 4.90 Å². The van der Waals surface area contributed by atoms with E-state index >= 15 is 4.39 Å². The number of carbonyl (C=O) groups is 2. The number of amides is 1. The maximum absolute atomic E-state index is 16.9. The second kappa shape index (κ2) is 11.3. The minimum absolute atomic E-state index is 0.0273. The fourth-order valence-electron chi connectivity index (χ4n) is 5.35. The normalized spacial score (nSPS) is 19.3. The molecule has 0 saturated carbocycles. The summed E-state index contributed by atoms with van der Waals surface area (Å²) in [6.07, 6.45) is -1.35. The third-order valence-electron chi connectivity index (χ3n) is 7.40. The molecule has 1 amide bonds. The van der Waals surface area contributed by atoms with Crippen molar-refractivity contribution in [2.75, 3.05) is 31.8 Å². The Balaban J connectivity index is 1.44. The van der Waals surface area contributed by atoms with Gasteiger partial charge in [0.15, 0.2) is 6.73 Å². The van der Waals surface area contributed by atoms with Crippen molar-refractivity contribution in [3.63, 3.8) is 0 Å². The van der Waals surface area contributed by atoms with Gasteiger partial charge in [0.1, 0.15) is 5.75 Å². The lowest BCUT2D eigenvalue weighted by Gasteiger charge is -2.26. The third-order valence-corrected chi connectivity index (χ3v) is 7.64. The number of benzene rings is 3. The van der Waals surface area contributed by atoms with Gasteiger partial charge in [0.05, 0.1) is 23.9 Å². The first-order valence-electron chi connectivity index (χ1n) is 13.1. The van der Waals surface area contributed by atoms with Gasteiger partial charge in [0.2, 0.25) is 5.67 Å². The van der Waals surface area contributed by atoms with Crippen molar-refractivity contribution in [2.24, 2.45) is 0 Å². The number of likely N-dealkylation sites (tertiary alicyclic amines) is 1. The van der Waals surface area contributed by atoms with Gasteiger partial charge in [-0.1, -0.05) is 36.2 Å². The van der Waals surface area contributed by atoms with E-state index in [1.54, 1.807) is 18.2 Å². The number of fused-ring (bicyclic) bond motifs is 1. The van der Waals surface area contributed by atoms with Crippen molar-refractivity contribution in [3.05, 3.63) is 93.5 Å². The highest BCUT2D eigenvalue weighted by atomic mass is 35.5. The average molecular weight is 591 g/mol. The van der Waals surface area contributed by atoms with Gasteiger partial charge in [0, 0.05) is 22.7 Å². The smallest absolute Gasteiger partial charge is 0.416 e. The predicted octanol–water partition coefficient (Wildman–Crippen LogP) is 6.73. The Morgan fingerprint density at radius 1 is 1.00 bits per heavy atom. The number of carbonyl (C=O) groups excluding carboxylic acids is 2. The average Bonchev–Trinajstić information content (AvgIpc) is 3.18. The Morgan fingerprint density at radius 3 is 2.46 bits per heavy atom. The number of piperidine rings is 1. The molecule has 0 N–H and O–H groups in total. The summed E-state index contributed by atoms with van der Waals surface area (Å²) in [4.78, 5) is 29.6. The second-order valence-electron chi connectivity index (χ2n) is 10.1. The van der Waals surface area contributed by atoms with Gasteiger partial charge in [-0.2, -0.15) is 13.2 Å². The lowest BCUT2D eigenvalue weighted by molar-refractivity contribution is -0.137. The molecule has 6 nitrogen and oxygen atoms in total. The van der Waals surface area contributed by atoms with Gasteiger partial charge in [-0.25, -0.2) is 9.18 Å². The van der Waals surface area contributed by atoms with Crippen molar-refractivity contribution >= 4 is 29.2 Å². The summed E-state index contributed by atoms with van der Waals surface area (Å²) < 4.78 is 68.3.